The third-order valence-corrected chi connectivity index (χ3v) is 1.90. The summed E-state index contributed by atoms with van der Waals surface area (Å²) in [5.74, 6) is 0. The summed E-state index contributed by atoms with van der Waals surface area (Å²) in [5.41, 5.74) is 0. The third kappa shape index (κ3) is 9.52. The lowest BCUT2D eigenvalue weighted by Crippen LogP contribution is -2.36. The maximum Gasteiger partial charge on any atom is 0.209 e. The number of rotatable bonds is 4. The maximum absolute atomic E-state index is 9.43. The summed E-state index contributed by atoms with van der Waals surface area (Å²) in [7, 11) is 3.38. The van der Waals surface area contributed by atoms with Crippen molar-refractivity contribution >= 4 is 6.41 Å². The van der Waals surface area contributed by atoms with Crippen LogP contribution in [0.15, 0.2) is 0 Å². The molecule has 0 heterocycles. The van der Waals surface area contributed by atoms with Gasteiger partial charge in [-0.05, 0) is 34.2 Å². The van der Waals surface area contributed by atoms with Crippen molar-refractivity contribution in [3.05, 3.63) is 0 Å². The Labute approximate surface area is 89.1 Å². The molecule has 0 radical (unpaired) electrons. The SMILES string of the molecule is CCN(C(C)C)C(C)C.CN(C)C=O. The van der Waals surface area contributed by atoms with Gasteiger partial charge in [-0.3, -0.25) is 9.69 Å². The normalized spacial score (nSPS) is 10.1. The van der Waals surface area contributed by atoms with Crippen molar-refractivity contribution in [3.63, 3.8) is 0 Å². The molecule has 0 bridgehead atoms. The predicted octanol–water partition coefficient (Wildman–Crippen LogP) is 1.83. The van der Waals surface area contributed by atoms with Gasteiger partial charge in [0.25, 0.3) is 0 Å². The summed E-state index contributed by atoms with van der Waals surface area (Å²) < 4.78 is 0. The number of carbonyl (C=O) groups excluding carboxylic acids is 1. The Kier molecular flexibility index (Phi) is 10.2. The molecule has 0 aliphatic rings. The van der Waals surface area contributed by atoms with E-state index in [1.165, 1.54) is 4.90 Å². The topological polar surface area (TPSA) is 23.6 Å². The Morgan fingerprint density at radius 2 is 1.36 bits per heavy atom. The zero-order valence-electron chi connectivity index (χ0n) is 10.7. The van der Waals surface area contributed by atoms with E-state index < -0.39 is 0 Å². The van der Waals surface area contributed by atoms with Crippen molar-refractivity contribution in [2.45, 2.75) is 46.7 Å². The molecule has 3 heteroatoms. The average Bonchev–Trinajstić information content (AvgIpc) is 2.05. The average molecular weight is 202 g/mol. The molecule has 0 aliphatic heterocycles. The van der Waals surface area contributed by atoms with Gasteiger partial charge in [0, 0.05) is 26.2 Å². The van der Waals surface area contributed by atoms with Crippen LogP contribution in [0, 0.1) is 0 Å². The van der Waals surface area contributed by atoms with Crippen LogP contribution in [0.4, 0.5) is 0 Å². The van der Waals surface area contributed by atoms with Crippen LogP contribution in [0.2, 0.25) is 0 Å². The first-order valence-corrected chi connectivity index (χ1v) is 5.24. The van der Waals surface area contributed by atoms with Gasteiger partial charge in [0.05, 0.1) is 0 Å². The fraction of sp³-hybridized carbons (Fsp3) is 0.909. The van der Waals surface area contributed by atoms with Crippen molar-refractivity contribution in [2.24, 2.45) is 0 Å². The first-order chi connectivity index (χ1) is 6.36. The first kappa shape index (κ1) is 15.9. The van der Waals surface area contributed by atoms with Crippen LogP contribution in [0.1, 0.15) is 34.6 Å². The van der Waals surface area contributed by atoms with Crippen molar-refractivity contribution in [3.8, 4) is 0 Å². The molecule has 0 saturated heterocycles. The van der Waals surface area contributed by atoms with E-state index >= 15 is 0 Å². The number of nitrogens with zero attached hydrogens (tertiary/aromatic N) is 2. The molecule has 0 aromatic carbocycles. The Morgan fingerprint density at radius 3 is 1.36 bits per heavy atom. The lowest BCUT2D eigenvalue weighted by Gasteiger charge is -2.28. The minimum absolute atomic E-state index is 0.690. The second kappa shape index (κ2) is 9.00. The molecule has 0 saturated carbocycles. The van der Waals surface area contributed by atoms with Gasteiger partial charge >= 0.3 is 0 Å². The van der Waals surface area contributed by atoms with E-state index in [-0.39, 0.29) is 0 Å². The quantitative estimate of drug-likeness (QED) is 0.649. The highest BCUT2D eigenvalue weighted by atomic mass is 16.1. The Morgan fingerprint density at radius 1 is 1.07 bits per heavy atom. The van der Waals surface area contributed by atoms with E-state index in [4.69, 9.17) is 0 Å². The fourth-order valence-corrected chi connectivity index (χ4v) is 1.33. The number of amides is 1. The van der Waals surface area contributed by atoms with Crippen LogP contribution in [0.25, 0.3) is 0 Å². The monoisotopic (exact) mass is 202 g/mol. The van der Waals surface area contributed by atoms with Gasteiger partial charge in [-0.15, -0.1) is 0 Å². The zero-order chi connectivity index (χ0) is 11.7. The molecule has 0 atom stereocenters. The van der Waals surface area contributed by atoms with Crippen LogP contribution in [-0.2, 0) is 4.79 Å². The van der Waals surface area contributed by atoms with Crippen molar-refractivity contribution < 1.29 is 4.79 Å². The molecular formula is C11H26N2O. The zero-order valence-corrected chi connectivity index (χ0v) is 10.7. The maximum atomic E-state index is 9.43. The summed E-state index contributed by atoms with van der Waals surface area (Å²) in [4.78, 5) is 13.3. The van der Waals surface area contributed by atoms with Crippen LogP contribution in [0.3, 0.4) is 0 Å². The molecule has 3 nitrogen and oxygen atoms in total. The second-order valence-electron chi connectivity index (χ2n) is 4.09. The van der Waals surface area contributed by atoms with Crippen molar-refractivity contribution in [1.82, 2.24) is 9.80 Å². The van der Waals surface area contributed by atoms with Gasteiger partial charge in [-0.1, -0.05) is 6.92 Å². The summed E-state index contributed by atoms with van der Waals surface area (Å²) in [6, 6.07) is 1.38. The molecule has 86 valence electrons. The highest BCUT2D eigenvalue weighted by Gasteiger charge is 2.08. The van der Waals surface area contributed by atoms with E-state index in [2.05, 4.69) is 39.5 Å². The molecule has 0 spiro atoms. The Balaban J connectivity index is 0. The molecule has 0 aliphatic carbocycles. The van der Waals surface area contributed by atoms with E-state index in [0.29, 0.717) is 12.1 Å². The highest BCUT2D eigenvalue weighted by molar-refractivity contribution is 5.45. The van der Waals surface area contributed by atoms with Crippen LogP contribution < -0.4 is 0 Å². The Bertz CT molecular complexity index is 125. The molecule has 14 heavy (non-hydrogen) atoms. The van der Waals surface area contributed by atoms with Crippen LogP contribution >= 0.6 is 0 Å². The smallest absolute Gasteiger partial charge is 0.209 e. The first-order valence-electron chi connectivity index (χ1n) is 5.24. The van der Waals surface area contributed by atoms with Crippen LogP contribution in [0.5, 0.6) is 0 Å². The predicted molar refractivity (Wildman–Crippen MR) is 62.4 cm³/mol. The van der Waals surface area contributed by atoms with Gasteiger partial charge in [0.15, 0.2) is 0 Å². The van der Waals surface area contributed by atoms with Gasteiger partial charge < -0.3 is 4.90 Å². The van der Waals surface area contributed by atoms with Gasteiger partial charge in [0.1, 0.15) is 0 Å². The third-order valence-electron chi connectivity index (χ3n) is 1.90. The van der Waals surface area contributed by atoms with E-state index in [1.807, 2.05) is 0 Å². The molecule has 0 fully saturated rings. The largest absolute Gasteiger partial charge is 0.351 e. The molecule has 1 amide bonds. The summed E-state index contributed by atoms with van der Waals surface area (Å²) >= 11 is 0. The van der Waals surface area contributed by atoms with Gasteiger partial charge in [-0.25, -0.2) is 0 Å². The van der Waals surface area contributed by atoms with E-state index in [9.17, 15) is 4.79 Å². The molecule has 0 unspecified atom stereocenters. The summed E-state index contributed by atoms with van der Waals surface area (Å²) in [6.45, 7) is 12.3. The number of carbonyl (C=O) groups is 1. The van der Waals surface area contributed by atoms with Crippen molar-refractivity contribution in [1.29, 1.82) is 0 Å². The van der Waals surface area contributed by atoms with E-state index in [1.54, 1.807) is 14.1 Å². The van der Waals surface area contributed by atoms with Crippen molar-refractivity contribution in [2.75, 3.05) is 20.6 Å². The highest BCUT2D eigenvalue weighted by Crippen LogP contribution is 2.02. The molecule has 0 rings (SSSR count). The molecular weight excluding hydrogens is 176 g/mol. The number of hydrogen-bond donors (Lipinski definition) is 0. The number of hydrogen-bond acceptors (Lipinski definition) is 2. The van der Waals surface area contributed by atoms with Gasteiger partial charge in [-0.2, -0.15) is 0 Å². The molecule has 0 aromatic rings. The second-order valence-corrected chi connectivity index (χ2v) is 4.09. The molecule has 0 N–H and O–H groups in total. The lowest BCUT2D eigenvalue weighted by atomic mass is 10.2. The minimum Gasteiger partial charge on any atom is -0.351 e. The lowest BCUT2D eigenvalue weighted by molar-refractivity contribution is -0.115. The van der Waals surface area contributed by atoms with E-state index in [0.717, 1.165) is 13.0 Å². The minimum atomic E-state index is 0.690. The Hall–Kier alpha value is -0.570. The standard InChI is InChI=1S/C8H19N.C3H7NO/c1-6-9(7(2)3)8(4)5;1-4(2)3-5/h7-8H,6H2,1-5H3;3H,1-2H3. The molecule has 0 aromatic heterocycles. The summed E-state index contributed by atoms with van der Waals surface area (Å²) in [5, 5.41) is 0. The fourth-order valence-electron chi connectivity index (χ4n) is 1.33. The van der Waals surface area contributed by atoms with Gasteiger partial charge in [0.2, 0.25) is 6.41 Å². The summed E-state index contributed by atoms with van der Waals surface area (Å²) in [6.07, 6.45) is 0.750. The van der Waals surface area contributed by atoms with Crippen LogP contribution in [-0.4, -0.2) is 48.9 Å².